The fraction of sp³-hybridized carbons (Fsp3) is 0.154. The molecular weight excluding hydrogens is 464 g/mol. The average molecular weight is 487 g/mol. The Hall–Kier alpha value is -3.49. The molecular formula is C26H22N4O2S2. The van der Waals surface area contributed by atoms with Crippen LogP contribution in [-0.4, -0.2) is 18.9 Å². The lowest BCUT2D eigenvalue weighted by Crippen LogP contribution is -2.22. The summed E-state index contributed by atoms with van der Waals surface area (Å²) in [7, 11) is 0. The molecule has 6 nitrogen and oxygen atoms in total. The van der Waals surface area contributed by atoms with Gasteiger partial charge in [0.05, 0.1) is 11.1 Å². The van der Waals surface area contributed by atoms with E-state index in [9.17, 15) is 9.59 Å². The third-order valence-corrected chi connectivity index (χ3v) is 7.50. The molecule has 0 atom stereocenters. The summed E-state index contributed by atoms with van der Waals surface area (Å²) in [4.78, 5) is 36.3. The first-order chi connectivity index (χ1) is 16.5. The van der Waals surface area contributed by atoms with Crippen LogP contribution < -0.4 is 11.1 Å². The van der Waals surface area contributed by atoms with Crippen molar-refractivity contribution in [1.82, 2.24) is 18.9 Å². The van der Waals surface area contributed by atoms with Gasteiger partial charge in [0, 0.05) is 35.5 Å². The summed E-state index contributed by atoms with van der Waals surface area (Å²) in [5, 5.41) is 3.20. The summed E-state index contributed by atoms with van der Waals surface area (Å²) in [5.41, 5.74) is 5.06. The molecule has 170 valence electrons. The normalized spacial score (nSPS) is 11.4. The lowest BCUT2D eigenvalue weighted by atomic mass is 10.1. The Balaban J connectivity index is 1.56. The van der Waals surface area contributed by atoms with Crippen molar-refractivity contribution in [2.45, 2.75) is 31.3 Å². The quantitative estimate of drug-likeness (QED) is 0.187. The summed E-state index contributed by atoms with van der Waals surface area (Å²) < 4.78 is 3.18. The maximum absolute atomic E-state index is 13.5. The average Bonchev–Trinajstić information content (AvgIpc) is 3.25. The van der Waals surface area contributed by atoms with Crippen molar-refractivity contribution in [3.8, 4) is 11.1 Å². The van der Waals surface area contributed by atoms with Crippen molar-refractivity contribution >= 4 is 39.0 Å². The van der Waals surface area contributed by atoms with Crippen molar-refractivity contribution in [3.63, 3.8) is 0 Å². The van der Waals surface area contributed by atoms with Gasteiger partial charge in [-0.1, -0.05) is 53.7 Å². The predicted molar refractivity (Wildman–Crippen MR) is 140 cm³/mol. The zero-order valence-electron chi connectivity index (χ0n) is 18.8. The van der Waals surface area contributed by atoms with E-state index in [0.29, 0.717) is 39.0 Å². The van der Waals surface area contributed by atoms with Crippen LogP contribution in [0.5, 0.6) is 0 Å². The van der Waals surface area contributed by atoms with Crippen molar-refractivity contribution in [3.05, 3.63) is 104 Å². The highest BCUT2D eigenvalue weighted by molar-refractivity contribution is 7.98. The van der Waals surface area contributed by atoms with E-state index >= 15 is 0 Å². The van der Waals surface area contributed by atoms with Gasteiger partial charge in [0.25, 0.3) is 11.1 Å². The first-order valence-corrected chi connectivity index (χ1v) is 12.6. The first kappa shape index (κ1) is 22.3. The van der Waals surface area contributed by atoms with Gasteiger partial charge in [-0.25, -0.2) is 9.97 Å². The molecule has 0 fully saturated rings. The van der Waals surface area contributed by atoms with Gasteiger partial charge >= 0.3 is 0 Å². The Kier molecular flexibility index (Phi) is 5.93. The minimum atomic E-state index is -0.128. The van der Waals surface area contributed by atoms with E-state index in [1.54, 1.807) is 21.2 Å². The van der Waals surface area contributed by atoms with Gasteiger partial charge in [0.1, 0.15) is 10.5 Å². The number of hydrogen-bond acceptors (Lipinski definition) is 6. The van der Waals surface area contributed by atoms with Gasteiger partial charge in [-0.05, 0) is 31.0 Å². The summed E-state index contributed by atoms with van der Waals surface area (Å²) in [6.45, 7) is 8.14. The van der Waals surface area contributed by atoms with Crippen LogP contribution >= 0.6 is 23.1 Å². The van der Waals surface area contributed by atoms with Crippen LogP contribution in [0.15, 0.2) is 81.4 Å². The van der Waals surface area contributed by atoms with Crippen LogP contribution in [0.4, 0.5) is 0 Å². The van der Waals surface area contributed by atoms with Crippen LogP contribution in [0, 0.1) is 13.8 Å². The monoisotopic (exact) mass is 486 g/mol. The van der Waals surface area contributed by atoms with Crippen molar-refractivity contribution < 1.29 is 0 Å². The Morgan fingerprint density at radius 3 is 2.68 bits per heavy atom. The molecule has 34 heavy (non-hydrogen) atoms. The highest BCUT2D eigenvalue weighted by atomic mass is 32.2. The molecule has 0 saturated heterocycles. The molecule has 0 radical (unpaired) electrons. The number of thioether (sulfide) groups is 1. The second-order valence-electron chi connectivity index (χ2n) is 8.05. The highest BCUT2D eigenvalue weighted by Gasteiger charge is 2.17. The number of allylic oxidation sites excluding steroid dienone is 1. The third-order valence-electron chi connectivity index (χ3n) is 5.62. The molecule has 5 rings (SSSR count). The van der Waals surface area contributed by atoms with Gasteiger partial charge in [0.15, 0.2) is 5.16 Å². The third kappa shape index (κ3) is 3.99. The number of rotatable bonds is 6. The summed E-state index contributed by atoms with van der Waals surface area (Å²) >= 11 is 2.86. The molecule has 8 heteroatoms. The number of thiophene rings is 1. The number of aromatic nitrogens is 4. The summed E-state index contributed by atoms with van der Waals surface area (Å²) in [6.07, 6.45) is 3.41. The molecule has 0 spiro atoms. The highest BCUT2D eigenvalue weighted by Crippen LogP contribution is 2.32. The fourth-order valence-electron chi connectivity index (χ4n) is 3.87. The Labute approximate surface area is 204 Å². The van der Waals surface area contributed by atoms with Crippen molar-refractivity contribution in [2.24, 2.45) is 0 Å². The Bertz CT molecular complexity index is 1660. The van der Waals surface area contributed by atoms with Crippen molar-refractivity contribution in [1.29, 1.82) is 0 Å². The minimum absolute atomic E-state index is 0.0911. The van der Waals surface area contributed by atoms with Gasteiger partial charge < -0.3 is 0 Å². The molecule has 0 unspecified atom stereocenters. The van der Waals surface area contributed by atoms with E-state index in [0.717, 1.165) is 16.7 Å². The Morgan fingerprint density at radius 2 is 1.91 bits per heavy atom. The fourth-order valence-corrected chi connectivity index (χ4v) is 5.76. The minimum Gasteiger partial charge on any atom is -0.283 e. The molecule has 4 heterocycles. The molecule has 0 aliphatic rings. The van der Waals surface area contributed by atoms with E-state index in [-0.39, 0.29) is 11.1 Å². The number of pyridine rings is 1. The molecule has 0 aliphatic heterocycles. The smallest absolute Gasteiger partial charge is 0.263 e. The maximum Gasteiger partial charge on any atom is 0.263 e. The van der Waals surface area contributed by atoms with E-state index in [1.807, 2.05) is 55.6 Å². The summed E-state index contributed by atoms with van der Waals surface area (Å²) in [5.74, 6) is 0.422. The molecule has 4 aromatic heterocycles. The zero-order chi connectivity index (χ0) is 23.8. The lowest BCUT2D eigenvalue weighted by molar-refractivity contribution is 0.673. The van der Waals surface area contributed by atoms with Crippen LogP contribution in [0.25, 0.3) is 27.0 Å². The summed E-state index contributed by atoms with van der Waals surface area (Å²) in [6, 6.07) is 13.4. The topological polar surface area (TPSA) is 69.3 Å². The SMILES string of the molecule is C=CCn1c(SCc2cc(=O)n3cccc(C)c3n2)nc2scc(-c3ccc(C)cc3)c2c1=O. The maximum atomic E-state index is 13.5. The van der Waals surface area contributed by atoms with Crippen molar-refractivity contribution in [2.75, 3.05) is 0 Å². The van der Waals surface area contributed by atoms with Gasteiger partial charge in [-0.15, -0.1) is 17.9 Å². The van der Waals surface area contributed by atoms with Crippen LogP contribution in [0.3, 0.4) is 0 Å². The molecule has 0 amide bonds. The van der Waals surface area contributed by atoms with Crippen LogP contribution in [0.2, 0.25) is 0 Å². The van der Waals surface area contributed by atoms with Gasteiger partial charge in [-0.3, -0.25) is 18.6 Å². The number of aryl methyl sites for hydroxylation is 2. The molecule has 0 aliphatic carbocycles. The lowest BCUT2D eigenvalue weighted by Gasteiger charge is -2.11. The zero-order valence-corrected chi connectivity index (χ0v) is 20.4. The van der Waals surface area contributed by atoms with E-state index in [1.165, 1.54) is 34.7 Å². The van der Waals surface area contributed by atoms with E-state index in [2.05, 4.69) is 11.6 Å². The molecule has 5 aromatic rings. The second-order valence-corrected chi connectivity index (χ2v) is 9.85. The van der Waals surface area contributed by atoms with Crippen LogP contribution in [0.1, 0.15) is 16.8 Å². The van der Waals surface area contributed by atoms with Crippen LogP contribution in [-0.2, 0) is 12.3 Å². The predicted octanol–water partition coefficient (Wildman–Crippen LogP) is 5.23. The first-order valence-electron chi connectivity index (χ1n) is 10.8. The van der Waals surface area contributed by atoms with E-state index in [4.69, 9.17) is 4.98 Å². The number of nitrogens with zero attached hydrogens (tertiary/aromatic N) is 4. The largest absolute Gasteiger partial charge is 0.283 e. The van der Waals surface area contributed by atoms with Gasteiger partial charge in [0.2, 0.25) is 0 Å². The molecule has 0 N–H and O–H groups in total. The number of hydrogen-bond donors (Lipinski definition) is 0. The standard InChI is InChI=1S/C26H22N4O2S2/c1-4-11-30-25(32)22-20(18-9-7-16(2)8-10-18)15-33-24(22)28-26(30)34-14-19-13-21(31)29-12-5-6-17(3)23(29)27-19/h4-10,12-13,15H,1,11,14H2,2-3H3. The molecule has 0 saturated carbocycles. The number of fused-ring (bicyclic) bond motifs is 2. The number of benzene rings is 1. The molecule has 1 aromatic carbocycles. The van der Waals surface area contributed by atoms with E-state index < -0.39 is 0 Å². The second kappa shape index (κ2) is 9.04. The Morgan fingerprint density at radius 1 is 1.12 bits per heavy atom. The van der Waals surface area contributed by atoms with Gasteiger partial charge in [-0.2, -0.15) is 0 Å². The molecule has 0 bridgehead atoms.